The monoisotopic (exact) mass is 275 g/mol. The van der Waals surface area contributed by atoms with Crippen LogP contribution in [0.25, 0.3) is 0 Å². The Balaban J connectivity index is 1.67. The zero-order valence-corrected chi connectivity index (χ0v) is 12.6. The highest BCUT2D eigenvalue weighted by Crippen LogP contribution is 2.22. The number of piperazine rings is 1. The fourth-order valence-corrected chi connectivity index (χ4v) is 3.10. The van der Waals surface area contributed by atoms with Crippen molar-refractivity contribution in [2.75, 3.05) is 49.1 Å². The molecular weight excluding hydrogens is 250 g/mol. The summed E-state index contributed by atoms with van der Waals surface area (Å²) in [4.78, 5) is 16.2. The minimum Gasteiger partial charge on any atom is -0.356 e. The van der Waals surface area contributed by atoms with Crippen LogP contribution in [0.1, 0.15) is 26.7 Å². The van der Waals surface area contributed by atoms with E-state index in [0.717, 1.165) is 50.9 Å². The van der Waals surface area contributed by atoms with Gasteiger partial charge in [-0.2, -0.15) is 0 Å². The first-order valence-corrected chi connectivity index (χ1v) is 7.80. The van der Waals surface area contributed by atoms with Crippen molar-refractivity contribution >= 4 is 11.6 Å². The molecule has 1 aromatic rings. The van der Waals surface area contributed by atoms with Crippen LogP contribution >= 0.6 is 0 Å². The standard InChI is InChI=1S/C15H25N5/c1-13(2)18-7-9-20(10-8-18)15-11-14(16-12-17-15)19-5-3-4-6-19/h11-13H,3-10H2,1-2H3. The van der Waals surface area contributed by atoms with Gasteiger partial charge in [0.25, 0.3) is 0 Å². The van der Waals surface area contributed by atoms with Crippen LogP contribution in [0.2, 0.25) is 0 Å². The Morgan fingerprint density at radius 3 is 1.95 bits per heavy atom. The van der Waals surface area contributed by atoms with E-state index < -0.39 is 0 Å². The molecule has 2 saturated heterocycles. The normalized spacial score (nSPS) is 20.9. The molecule has 5 nitrogen and oxygen atoms in total. The lowest BCUT2D eigenvalue weighted by Gasteiger charge is -2.37. The maximum absolute atomic E-state index is 4.47. The van der Waals surface area contributed by atoms with Crippen molar-refractivity contribution in [3.63, 3.8) is 0 Å². The third kappa shape index (κ3) is 2.87. The van der Waals surface area contributed by atoms with Crippen LogP contribution in [0.3, 0.4) is 0 Å². The first-order chi connectivity index (χ1) is 9.74. The number of hydrogen-bond acceptors (Lipinski definition) is 5. The second-order valence-corrected chi connectivity index (χ2v) is 6.05. The van der Waals surface area contributed by atoms with E-state index in [2.05, 4.69) is 44.6 Å². The lowest BCUT2D eigenvalue weighted by Crippen LogP contribution is -2.49. The molecule has 1 aromatic heterocycles. The lowest BCUT2D eigenvalue weighted by molar-refractivity contribution is 0.209. The van der Waals surface area contributed by atoms with Gasteiger partial charge in [0.1, 0.15) is 18.0 Å². The molecule has 0 amide bonds. The molecule has 2 fully saturated rings. The molecule has 0 bridgehead atoms. The third-order valence-corrected chi connectivity index (χ3v) is 4.44. The summed E-state index contributed by atoms with van der Waals surface area (Å²) in [5.41, 5.74) is 0. The molecule has 2 aliphatic rings. The number of nitrogens with zero attached hydrogens (tertiary/aromatic N) is 5. The maximum Gasteiger partial charge on any atom is 0.134 e. The highest BCUT2D eigenvalue weighted by Gasteiger charge is 2.21. The van der Waals surface area contributed by atoms with Gasteiger partial charge in [-0.1, -0.05) is 0 Å². The van der Waals surface area contributed by atoms with Gasteiger partial charge in [0.05, 0.1) is 0 Å². The number of anilines is 2. The second kappa shape index (κ2) is 5.95. The Hall–Kier alpha value is -1.36. The molecule has 0 unspecified atom stereocenters. The predicted molar refractivity (Wildman–Crippen MR) is 82.4 cm³/mol. The molecular formula is C15H25N5. The van der Waals surface area contributed by atoms with E-state index in [1.807, 2.05) is 0 Å². The lowest BCUT2D eigenvalue weighted by atomic mass is 10.2. The summed E-state index contributed by atoms with van der Waals surface area (Å²) in [6, 6.07) is 2.80. The Morgan fingerprint density at radius 1 is 0.850 bits per heavy atom. The summed E-state index contributed by atoms with van der Waals surface area (Å²) < 4.78 is 0. The summed E-state index contributed by atoms with van der Waals surface area (Å²) in [6.45, 7) is 11.2. The van der Waals surface area contributed by atoms with E-state index in [4.69, 9.17) is 0 Å². The Labute approximate surface area is 121 Å². The van der Waals surface area contributed by atoms with Crippen molar-refractivity contribution < 1.29 is 0 Å². The SMILES string of the molecule is CC(C)N1CCN(c2cc(N3CCCC3)ncn2)CC1. The van der Waals surface area contributed by atoms with Crippen molar-refractivity contribution in [1.29, 1.82) is 0 Å². The average Bonchev–Trinajstić information content (AvgIpc) is 3.02. The molecule has 3 rings (SSSR count). The van der Waals surface area contributed by atoms with E-state index in [1.165, 1.54) is 12.8 Å². The second-order valence-electron chi connectivity index (χ2n) is 6.05. The van der Waals surface area contributed by atoms with Crippen LogP contribution in [0, 0.1) is 0 Å². The van der Waals surface area contributed by atoms with Crippen molar-refractivity contribution in [2.45, 2.75) is 32.7 Å². The molecule has 2 aliphatic heterocycles. The van der Waals surface area contributed by atoms with Gasteiger partial charge in [-0.25, -0.2) is 9.97 Å². The van der Waals surface area contributed by atoms with E-state index in [9.17, 15) is 0 Å². The van der Waals surface area contributed by atoms with Crippen LogP contribution in [0.4, 0.5) is 11.6 Å². The van der Waals surface area contributed by atoms with E-state index in [1.54, 1.807) is 6.33 Å². The number of hydrogen-bond donors (Lipinski definition) is 0. The van der Waals surface area contributed by atoms with Crippen molar-refractivity contribution in [2.24, 2.45) is 0 Å². The molecule has 0 spiro atoms. The molecule has 0 radical (unpaired) electrons. The number of aromatic nitrogens is 2. The van der Waals surface area contributed by atoms with Gasteiger partial charge in [-0.15, -0.1) is 0 Å². The summed E-state index contributed by atoms with van der Waals surface area (Å²) in [5, 5.41) is 0. The third-order valence-electron chi connectivity index (χ3n) is 4.44. The van der Waals surface area contributed by atoms with Gasteiger partial charge in [0.2, 0.25) is 0 Å². The smallest absolute Gasteiger partial charge is 0.134 e. The van der Waals surface area contributed by atoms with Gasteiger partial charge in [0, 0.05) is 51.4 Å². The van der Waals surface area contributed by atoms with Gasteiger partial charge in [-0.05, 0) is 26.7 Å². The fraction of sp³-hybridized carbons (Fsp3) is 0.733. The molecule has 0 saturated carbocycles. The molecule has 0 N–H and O–H groups in total. The quantitative estimate of drug-likeness (QED) is 0.837. The number of rotatable bonds is 3. The predicted octanol–water partition coefficient (Wildman–Crippen LogP) is 1.61. The van der Waals surface area contributed by atoms with Crippen LogP contribution in [-0.2, 0) is 0 Å². The maximum atomic E-state index is 4.47. The zero-order valence-electron chi connectivity index (χ0n) is 12.6. The van der Waals surface area contributed by atoms with Crippen LogP contribution < -0.4 is 9.80 Å². The van der Waals surface area contributed by atoms with E-state index >= 15 is 0 Å². The van der Waals surface area contributed by atoms with Gasteiger partial charge >= 0.3 is 0 Å². The molecule has 0 aliphatic carbocycles. The molecule has 5 heteroatoms. The molecule has 3 heterocycles. The highest BCUT2D eigenvalue weighted by atomic mass is 15.3. The summed E-state index contributed by atoms with van der Waals surface area (Å²) in [5.74, 6) is 2.18. The summed E-state index contributed by atoms with van der Waals surface area (Å²) in [6.07, 6.45) is 4.29. The van der Waals surface area contributed by atoms with Crippen molar-refractivity contribution in [1.82, 2.24) is 14.9 Å². The van der Waals surface area contributed by atoms with Gasteiger partial charge < -0.3 is 9.80 Å². The summed E-state index contributed by atoms with van der Waals surface area (Å²) >= 11 is 0. The first-order valence-electron chi connectivity index (χ1n) is 7.80. The Kier molecular flexibility index (Phi) is 4.05. The molecule has 110 valence electrons. The fourth-order valence-electron chi connectivity index (χ4n) is 3.10. The Bertz CT molecular complexity index is 434. The van der Waals surface area contributed by atoms with Crippen molar-refractivity contribution in [3.05, 3.63) is 12.4 Å². The minimum atomic E-state index is 0.641. The summed E-state index contributed by atoms with van der Waals surface area (Å²) in [7, 11) is 0. The van der Waals surface area contributed by atoms with Crippen LogP contribution in [0.15, 0.2) is 12.4 Å². The zero-order chi connectivity index (χ0) is 13.9. The van der Waals surface area contributed by atoms with E-state index in [-0.39, 0.29) is 0 Å². The molecule has 0 aromatic carbocycles. The first kappa shape index (κ1) is 13.6. The topological polar surface area (TPSA) is 35.5 Å². The molecule has 0 atom stereocenters. The van der Waals surface area contributed by atoms with Gasteiger partial charge in [0.15, 0.2) is 0 Å². The van der Waals surface area contributed by atoms with Gasteiger partial charge in [-0.3, -0.25) is 4.90 Å². The van der Waals surface area contributed by atoms with Crippen molar-refractivity contribution in [3.8, 4) is 0 Å². The average molecular weight is 275 g/mol. The largest absolute Gasteiger partial charge is 0.356 e. The minimum absolute atomic E-state index is 0.641. The molecule has 20 heavy (non-hydrogen) atoms. The van der Waals surface area contributed by atoms with E-state index in [0.29, 0.717) is 6.04 Å². The van der Waals surface area contributed by atoms with Crippen LogP contribution in [-0.4, -0.2) is 60.2 Å². The Morgan fingerprint density at radius 2 is 1.40 bits per heavy atom. The van der Waals surface area contributed by atoms with Crippen LogP contribution in [0.5, 0.6) is 0 Å². The highest BCUT2D eigenvalue weighted by molar-refractivity contribution is 5.50.